The normalized spacial score (nSPS) is 14.1. The van der Waals surface area contributed by atoms with Gasteiger partial charge in [0.1, 0.15) is 0 Å². The molecule has 0 aliphatic carbocycles. The molecule has 0 bridgehead atoms. The zero-order valence-electron chi connectivity index (χ0n) is 11.1. The fraction of sp³-hybridized carbons (Fsp3) is 0.818. The van der Waals surface area contributed by atoms with E-state index in [9.17, 15) is 14.7 Å². The Morgan fingerprint density at radius 3 is 2.22 bits per heavy atom. The van der Waals surface area contributed by atoms with Crippen molar-refractivity contribution in [3.63, 3.8) is 0 Å². The van der Waals surface area contributed by atoms with Crippen LogP contribution in [0.3, 0.4) is 0 Å². The molecule has 0 heterocycles. The lowest BCUT2D eigenvalue weighted by molar-refractivity contribution is -0.141. The lowest BCUT2D eigenvalue weighted by atomic mass is 10.2. The van der Waals surface area contributed by atoms with E-state index in [1.807, 2.05) is 13.8 Å². The van der Waals surface area contributed by atoms with Crippen LogP contribution in [-0.2, 0) is 4.79 Å². The number of nitrogens with one attached hydrogen (secondary N) is 2. The molecular formula is C11H23N3O4. The topological polar surface area (TPSA) is 102 Å². The van der Waals surface area contributed by atoms with Crippen molar-refractivity contribution < 1.29 is 19.8 Å². The molecule has 0 rings (SSSR count). The summed E-state index contributed by atoms with van der Waals surface area (Å²) in [5.74, 6) is -1.26. The third-order valence-electron chi connectivity index (χ3n) is 2.64. The molecule has 0 aromatic heterocycles. The second kappa shape index (κ2) is 8.71. The first-order chi connectivity index (χ1) is 8.42. The van der Waals surface area contributed by atoms with Crippen LogP contribution in [0.25, 0.3) is 0 Å². The van der Waals surface area contributed by atoms with Crippen molar-refractivity contribution in [3.05, 3.63) is 0 Å². The van der Waals surface area contributed by atoms with Crippen LogP contribution in [0.2, 0.25) is 0 Å². The van der Waals surface area contributed by atoms with E-state index in [2.05, 4.69) is 15.5 Å². The summed E-state index contributed by atoms with van der Waals surface area (Å²) in [4.78, 5) is 24.3. The number of carbonyl (C=O) groups is 2. The first-order valence-electron chi connectivity index (χ1n) is 6.09. The van der Waals surface area contributed by atoms with Gasteiger partial charge in [-0.1, -0.05) is 13.8 Å². The number of carboxylic acid groups (broad SMARTS) is 1. The molecule has 0 fully saturated rings. The van der Waals surface area contributed by atoms with Gasteiger partial charge in [0.05, 0.1) is 6.10 Å². The summed E-state index contributed by atoms with van der Waals surface area (Å²) >= 11 is 0. The first-order valence-corrected chi connectivity index (χ1v) is 6.09. The molecule has 106 valence electrons. The summed E-state index contributed by atoms with van der Waals surface area (Å²) in [5, 5.41) is 22.7. The van der Waals surface area contributed by atoms with Crippen LogP contribution in [0.1, 0.15) is 20.8 Å². The van der Waals surface area contributed by atoms with Crippen molar-refractivity contribution in [2.45, 2.75) is 32.9 Å². The van der Waals surface area contributed by atoms with Crippen molar-refractivity contribution in [2.24, 2.45) is 0 Å². The molecule has 0 unspecified atom stereocenters. The summed E-state index contributed by atoms with van der Waals surface area (Å²) in [6.07, 6.45) is -1.14. The third-order valence-corrected chi connectivity index (χ3v) is 2.64. The van der Waals surface area contributed by atoms with E-state index in [4.69, 9.17) is 5.11 Å². The Kier molecular flexibility index (Phi) is 8.06. The van der Waals surface area contributed by atoms with E-state index >= 15 is 0 Å². The highest BCUT2D eigenvalue weighted by atomic mass is 16.4. The van der Waals surface area contributed by atoms with Crippen LogP contribution in [0.15, 0.2) is 0 Å². The van der Waals surface area contributed by atoms with E-state index in [0.29, 0.717) is 13.1 Å². The Bertz CT molecular complexity index is 267. The zero-order chi connectivity index (χ0) is 14.1. The van der Waals surface area contributed by atoms with Crippen molar-refractivity contribution in [2.75, 3.05) is 26.2 Å². The van der Waals surface area contributed by atoms with E-state index in [0.717, 1.165) is 13.1 Å². The summed E-state index contributed by atoms with van der Waals surface area (Å²) in [6.45, 7) is 8.28. The smallest absolute Gasteiger partial charge is 0.328 e. The first kappa shape index (κ1) is 16.7. The molecular weight excluding hydrogens is 238 g/mol. The number of hydrogen-bond acceptors (Lipinski definition) is 4. The molecule has 0 aliphatic heterocycles. The minimum atomic E-state index is -1.29. The predicted octanol–water partition coefficient (Wildman–Crippen LogP) is -0.539. The number of aliphatic hydroxyl groups is 1. The highest BCUT2D eigenvalue weighted by Crippen LogP contribution is 1.92. The SMILES string of the molecule is CCN(CC)CCNC(=O)N[C@H](C(=O)O)[C@@H](C)O. The Morgan fingerprint density at radius 2 is 1.83 bits per heavy atom. The molecule has 7 heteroatoms. The van der Waals surface area contributed by atoms with Crippen molar-refractivity contribution in [1.29, 1.82) is 0 Å². The fourth-order valence-corrected chi connectivity index (χ4v) is 1.45. The maximum atomic E-state index is 11.4. The molecule has 0 spiro atoms. The number of nitrogens with zero attached hydrogens (tertiary/aromatic N) is 1. The number of carbonyl (C=O) groups excluding carboxylic acids is 1. The molecule has 0 aliphatic rings. The molecule has 0 radical (unpaired) electrons. The molecule has 18 heavy (non-hydrogen) atoms. The number of aliphatic carboxylic acids is 1. The summed E-state index contributed by atoms with van der Waals surface area (Å²) < 4.78 is 0. The quantitative estimate of drug-likeness (QED) is 0.470. The Labute approximate surface area is 107 Å². The molecule has 0 saturated heterocycles. The maximum Gasteiger partial charge on any atom is 0.328 e. The van der Waals surface area contributed by atoms with Crippen LogP contribution in [-0.4, -0.2) is 65.4 Å². The highest BCUT2D eigenvalue weighted by molar-refractivity contribution is 5.82. The van der Waals surface area contributed by atoms with Crippen molar-refractivity contribution >= 4 is 12.0 Å². The molecule has 7 nitrogen and oxygen atoms in total. The van der Waals surface area contributed by atoms with Gasteiger partial charge in [-0.2, -0.15) is 0 Å². The van der Waals surface area contributed by atoms with E-state index in [-0.39, 0.29) is 0 Å². The van der Waals surface area contributed by atoms with Gasteiger partial charge < -0.3 is 25.7 Å². The monoisotopic (exact) mass is 261 g/mol. The second-order valence-electron chi connectivity index (χ2n) is 3.98. The minimum absolute atomic E-state index is 0.430. The van der Waals surface area contributed by atoms with Crippen molar-refractivity contribution in [3.8, 4) is 0 Å². The van der Waals surface area contributed by atoms with Crippen LogP contribution in [0.5, 0.6) is 0 Å². The van der Waals surface area contributed by atoms with Gasteiger partial charge in [0.2, 0.25) is 0 Å². The Hall–Kier alpha value is -1.34. The highest BCUT2D eigenvalue weighted by Gasteiger charge is 2.24. The molecule has 4 N–H and O–H groups in total. The lowest BCUT2D eigenvalue weighted by Gasteiger charge is -2.20. The molecule has 2 atom stereocenters. The molecule has 0 saturated carbocycles. The number of rotatable bonds is 8. The van der Waals surface area contributed by atoms with Gasteiger partial charge in [-0.15, -0.1) is 0 Å². The number of amides is 2. The van der Waals surface area contributed by atoms with Gasteiger partial charge in [-0.3, -0.25) is 0 Å². The van der Waals surface area contributed by atoms with Gasteiger partial charge >= 0.3 is 12.0 Å². The number of aliphatic hydroxyl groups excluding tert-OH is 1. The van der Waals surface area contributed by atoms with Gasteiger partial charge in [-0.05, 0) is 20.0 Å². The van der Waals surface area contributed by atoms with E-state index < -0.39 is 24.1 Å². The largest absolute Gasteiger partial charge is 0.480 e. The Balaban J connectivity index is 3.99. The molecule has 0 aromatic rings. The summed E-state index contributed by atoms with van der Waals surface area (Å²) in [5.41, 5.74) is 0. The van der Waals surface area contributed by atoms with Crippen molar-refractivity contribution in [1.82, 2.24) is 15.5 Å². The average molecular weight is 261 g/mol. The number of urea groups is 1. The lowest BCUT2D eigenvalue weighted by Crippen LogP contribution is -2.52. The third kappa shape index (κ3) is 6.41. The van der Waals surface area contributed by atoms with E-state index in [1.54, 1.807) is 0 Å². The van der Waals surface area contributed by atoms with Gasteiger partial charge in [-0.25, -0.2) is 9.59 Å². The average Bonchev–Trinajstić information content (AvgIpc) is 2.31. The number of likely N-dealkylation sites (N-methyl/N-ethyl adjacent to an activating group) is 1. The number of hydrogen-bond donors (Lipinski definition) is 4. The molecule has 0 aromatic carbocycles. The van der Waals surface area contributed by atoms with Crippen LogP contribution < -0.4 is 10.6 Å². The Morgan fingerprint density at radius 1 is 1.28 bits per heavy atom. The fourth-order valence-electron chi connectivity index (χ4n) is 1.45. The summed E-state index contributed by atoms with van der Waals surface area (Å²) in [7, 11) is 0. The van der Waals surface area contributed by atoms with E-state index in [1.165, 1.54) is 6.92 Å². The zero-order valence-corrected chi connectivity index (χ0v) is 11.1. The van der Waals surface area contributed by atoms with Gasteiger partial charge in [0, 0.05) is 13.1 Å². The minimum Gasteiger partial charge on any atom is -0.480 e. The maximum absolute atomic E-state index is 11.4. The predicted molar refractivity (Wildman–Crippen MR) is 67.4 cm³/mol. The molecule has 2 amide bonds. The second-order valence-corrected chi connectivity index (χ2v) is 3.98. The van der Waals surface area contributed by atoms with Gasteiger partial charge in [0.15, 0.2) is 6.04 Å². The number of carboxylic acids is 1. The standard InChI is InChI=1S/C11H23N3O4/c1-4-14(5-2)7-6-12-11(18)13-9(8(3)15)10(16)17/h8-9,15H,4-7H2,1-3H3,(H,16,17)(H2,12,13,18)/t8-,9+/m1/s1. The van der Waals surface area contributed by atoms with Gasteiger partial charge in [0.25, 0.3) is 0 Å². The summed E-state index contributed by atoms with van der Waals surface area (Å²) in [6, 6.07) is -1.88. The van der Waals surface area contributed by atoms with Crippen LogP contribution >= 0.6 is 0 Å². The van der Waals surface area contributed by atoms with Crippen LogP contribution in [0.4, 0.5) is 4.79 Å². The van der Waals surface area contributed by atoms with Crippen LogP contribution in [0, 0.1) is 0 Å².